The van der Waals surface area contributed by atoms with Crippen molar-refractivity contribution in [1.82, 2.24) is 20.1 Å². The van der Waals surface area contributed by atoms with E-state index in [0.29, 0.717) is 29.2 Å². The average Bonchev–Trinajstić information content (AvgIpc) is 3.25. The molecule has 0 radical (unpaired) electrons. The molecule has 4 rings (SSSR count). The zero-order valence-corrected chi connectivity index (χ0v) is 13.5. The molecule has 1 aromatic carbocycles. The van der Waals surface area contributed by atoms with Crippen LogP contribution < -0.4 is 5.32 Å². The predicted molar refractivity (Wildman–Crippen MR) is 86.5 cm³/mol. The molecular weight excluding hydrogens is 308 g/mol. The van der Waals surface area contributed by atoms with Gasteiger partial charge in [-0.05, 0) is 30.7 Å². The summed E-state index contributed by atoms with van der Waals surface area (Å²) in [5.74, 6) is 0.447. The number of aromatic nitrogens is 3. The summed E-state index contributed by atoms with van der Waals surface area (Å²) in [6.07, 6.45) is 2.32. The first-order valence-corrected chi connectivity index (χ1v) is 7.89. The number of nitrogens with one attached hydrogen (secondary N) is 1. The van der Waals surface area contributed by atoms with E-state index in [4.69, 9.17) is 9.15 Å². The highest BCUT2D eigenvalue weighted by molar-refractivity contribution is 5.97. The minimum Gasteiger partial charge on any atom is -0.441 e. The number of amides is 1. The van der Waals surface area contributed by atoms with Crippen LogP contribution in [0.4, 0.5) is 0 Å². The van der Waals surface area contributed by atoms with Crippen LogP contribution >= 0.6 is 0 Å². The van der Waals surface area contributed by atoms with E-state index >= 15 is 0 Å². The van der Waals surface area contributed by atoms with Crippen LogP contribution in [0.2, 0.25) is 0 Å². The molecule has 2 atom stereocenters. The van der Waals surface area contributed by atoms with E-state index < -0.39 is 0 Å². The van der Waals surface area contributed by atoms with E-state index in [1.807, 2.05) is 13.1 Å². The summed E-state index contributed by atoms with van der Waals surface area (Å²) >= 11 is 0. The number of carbonyl (C=O) groups excluding carboxylic acids is 1. The van der Waals surface area contributed by atoms with E-state index in [9.17, 15) is 4.79 Å². The van der Waals surface area contributed by atoms with Gasteiger partial charge in [-0.1, -0.05) is 0 Å². The highest BCUT2D eigenvalue weighted by atomic mass is 16.5. The Morgan fingerprint density at radius 2 is 2.25 bits per heavy atom. The third-order valence-electron chi connectivity index (χ3n) is 4.32. The molecule has 0 unspecified atom stereocenters. The number of fused-ring (bicyclic) bond motifs is 1. The Bertz CT molecular complexity index is 898. The van der Waals surface area contributed by atoms with Crippen LogP contribution in [0.15, 0.2) is 34.9 Å². The van der Waals surface area contributed by atoms with Crippen molar-refractivity contribution in [3.05, 3.63) is 47.6 Å². The van der Waals surface area contributed by atoms with Crippen LogP contribution in [-0.2, 0) is 11.8 Å². The second-order valence-electron chi connectivity index (χ2n) is 5.96. The van der Waals surface area contributed by atoms with Crippen LogP contribution in [0.3, 0.4) is 0 Å². The Hall–Kier alpha value is -2.67. The average molecular weight is 326 g/mol. The highest BCUT2D eigenvalue weighted by Gasteiger charge is 2.33. The largest absolute Gasteiger partial charge is 0.441 e. The Labute approximate surface area is 138 Å². The number of rotatable bonds is 3. The first-order chi connectivity index (χ1) is 11.6. The Balaban J connectivity index is 1.54. The summed E-state index contributed by atoms with van der Waals surface area (Å²) in [4.78, 5) is 16.9. The molecule has 1 N–H and O–H groups in total. The molecule has 1 saturated heterocycles. The smallest absolute Gasteiger partial charge is 0.251 e. The Morgan fingerprint density at radius 1 is 1.38 bits per heavy atom. The molecule has 1 fully saturated rings. The van der Waals surface area contributed by atoms with Crippen LogP contribution in [-0.4, -0.2) is 33.3 Å². The van der Waals surface area contributed by atoms with Gasteiger partial charge in [0.05, 0.1) is 11.7 Å². The molecular formula is C17H18N4O3. The second-order valence-corrected chi connectivity index (χ2v) is 5.96. The van der Waals surface area contributed by atoms with Crippen molar-refractivity contribution in [2.75, 3.05) is 6.61 Å². The molecule has 1 aliphatic rings. The topological polar surface area (TPSA) is 82.2 Å². The van der Waals surface area contributed by atoms with Crippen LogP contribution in [0.25, 0.3) is 11.1 Å². The van der Waals surface area contributed by atoms with Crippen molar-refractivity contribution in [2.45, 2.75) is 25.5 Å². The monoisotopic (exact) mass is 326 g/mol. The number of nitrogens with zero attached hydrogens (tertiary/aromatic N) is 3. The fraction of sp³-hybridized carbons (Fsp3) is 0.353. The van der Waals surface area contributed by atoms with Gasteiger partial charge in [0.2, 0.25) is 0 Å². The van der Waals surface area contributed by atoms with Gasteiger partial charge in [-0.3, -0.25) is 9.48 Å². The van der Waals surface area contributed by atoms with Gasteiger partial charge in [0.15, 0.2) is 11.5 Å². The second kappa shape index (κ2) is 5.76. The Kier molecular flexibility index (Phi) is 3.57. The number of benzene rings is 1. The molecule has 24 heavy (non-hydrogen) atoms. The normalized spacial score (nSPS) is 20.6. The number of ether oxygens (including phenoxy) is 1. The van der Waals surface area contributed by atoms with Gasteiger partial charge >= 0.3 is 0 Å². The molecule has 0 saturated carbocycles. The summed E-state index contributed by atoms with van der Waals surface area (Å²) in [5, 5.41) is 7.24. The van der Waals surface area contributed by atoms with Gasteiger partial charge in [0.25, 0.3) is 5.91 Å². The van der Waals surface area contributed by atoms with Crippen LogP contribution in [0.5, 0.6) is 0 Å². The maximum absolute atomic E-state index is 12.6. The molecule has 2 aromatic heterocycles. The first-order valence-electron chi connectivity index (χ1n) is 7.89. The quantitative estimate of drug-likeness (QED) is 0.797. The van der Waals surface area contributed by atoms with E-state index in [1.165, 1.54) is 0 Å². The Morgan fingerprint density at radius 3 is 3.04 bits per heavy atom. The molecule has 3 heterocycles. The van der Waals surface area contributed by atoms with Gasteiger partial charge in [0, 0.05) is 32.3 Å². The van der Waals surface area contributed by atoms with E-state index in [1.54, 1.807) is 36.0 Å². The van der Waals surface area contributed by atoms with E-state index in [2.05, 4.69) is 15.4 Å². The van der Waals surface area contributed by atoms with E-state index in [0.717, 1.165) is 12.1 Å². The summed E-state index contributed by atoms with van der Waals surface area (Å²) in [7, 11) is 1.87. The first kappa shape index (κ1) is 14.9. The standard InChI is InChI=1S/C17H18N4O3/c1-10-19-13-9-11(3-4-15(13)24-10)17(22)20-12-6-8-23-16(12)14-5-7-18-21(14)2/h3-5,7,9,12,16H,6,8H2,1-2H3,(H,20,22)/t12-,16-/m0/s1. The summed E-state index contributed by atoms with van der Waals surface area (Å²) in [5.41, 5.74) is 2.89. The van der Waals surface area contributed by atoms with Gasteiger partial charge < -0.3 is 14.5 Å². The zero-order chi connectivity index (χ0) is 16.7. The number of hydrogen-bond acceptors (Lipinski definition) is 5. The van der Waals surface area contributed by atoms with Gasteiger partial charge in [-0.15, -0.1) is 0 Å². The molecule has 124 valence electrons. The maximum atomic E-state index is 12.6. The number of oxazole rings is 1. The van der Waals surface area contributed by atoms with Crippen LogP contribution in [0.1, 0.15) is 34.5 Å². The molecule has 7 heteroatoms. The number of hydrogen-bond donors (Lipinski definition) is 1. The third kappa shape index (κ3) is 2.56. The minimum atomic E-state index is -0.181. The van der Waals surface area contributed by atoms with Gasteiger partial charge in [-0.25, -0.2) is 4.98 Å². The van der Waals surface area contributed by atoms with Gasteiger partial charge in [-0.2, -0.15) is 5.10 Å². The summed E-state index contributed by atoms with van der Waals surface area (Å²) < 4.78 is 13.0. The zero-order valence-electron chi connectivity index (χ0n) is 13.5. The number of aryl methyl sites for hydroxylation is 2. The molecule has 1 amide bonds. The van der Waals surface area contributed by atoms with Crippen molar-refractivity contribution in [3.8, 4) is 0 Å². The van der Waals surface area contributed by atoms with Crippen molar-refractivity contribution < 1.29 is 13.9 Å². The number of carbonyl (C=O) groups is 1. The van der Waals surface area contributed by atoms with Gasteiger partial charge in [0.1, 0.15) is 11.6 Å². The lowest BCUT2D eigenvalue weighted by Gasteiger charge is -2.20. The van der Waals surface area contributed by atoms with Crippen molar-refractivity contribution >= 4 is 17.0 Å². The van der Waals surface area contributed by atoms with Crippen LogP contribution in [0, 0.1) is 6.92 Å². The van der Waals surface area contributed by atoms with Crippen molar-refractivity contribution in [1.29, 1.82) is 0 Å². The highest BCUT2D eigenvalue weighted by Crippen LogP contribution is 2.29. The SMILES string of the molecule is Cc1nc2cc(C(=O)N[C@H]3CCO[C@@H]3c3ccnn3C)ccc2o1. The fourth-order valence-electron chi connectivity index (χ4n) is 3.13. The third-order valence-corrected chi connectivity index (χ3v) is 4.32. The fourth-order valence-corrected chi connectivity index (χ4v) is 3.13. The van der Waals surface area contributed by atoms with Crippen molar-refractivity contribution in [2.24, 2.45) is 7.05 Å². The summed E-state index contributed by atoms with van der Waals surface area (Å²) in [6.45, 7) is 2.40. The lowest BCUT2D eigenvalue weighted by molar-refractivity contribution is 0.0792. The lowest BCUT2D eigenvalue weighted by atomic mass is 10.1. The molecule has 0 bridgehead atoms. The minimum absolute atomic E-state index is 0.0809. The molecule has 1 aliphatic heterocycles. The van der Waals surface area contributed by atoms with E-state index in [-0.39, 0.29) is 18.1 Å². The van der Waals surface area contributed by atoms with Crippen molar-refractivity contribution in [3.63, 3.8) is 0 Å². The summed E-state index contributed by atoms with van der Waals surface area (Å²) in [6, 6.07) is 7.10. The predicted octanol–water partition coefficient (Wildman–Crippen LogP) is 2.13. The molecule has 3 aromatic rings. The molecule has 0 aliphatic carbocycles. The molecule has 7 nitrogen and oxygen atoms in total. The lowest BCUT2D eigenvalue weighted by Crippen LogP contribution is -2.37. The molecule has 0 spiro atoms. The maximum Gasteiger partial charge on any atom is 0.251 e.